The highest BCUT2D eigenvalue weighted by molar-refractivity contribution is 5.66. The van der Waals surface area contributed by atoms with Crippen LogP contribution in [0.4, 0.5) is 0 Å². The van der Waals surface area contributed by atoms with Crippen LogP contribution in [-0.2, 0) is 4.79 Å². The zero-order valence-corrected chi connectivity index (χ0v) is 14.0. The number of hydrogen-bond donors (Lipinski definition) is 3. The molecule has 0 aliphatic rings. The van der Waals surface area contributed by atoms with Crippen LogP contribution in [0.5, 0.6) is 0 Å². The summed E-state index contributed by atoms with van der Waals surface area (Å²) in [7, 11) is 0. The lowest BCUT2D eigenvalue weighted by molar-refractivity contribution is -0.137. The van der Waals surface area contributed by atoms with Gasteiger partial charge in [0, 0.05) is 6.42 Å². The van der Waals surface area contributed by atoms with Crippen molar-refractivity contribution in [1.82, 2.24) is 0 Å². The Morgan fingerprint density at radius 2 is 1.59 bits per heavy atom. The van der Waals surface area contributed by atoms with Crippen LogP contribution in [0.15, 0.2) is 12.2 Å². The largest absolute Gasteiger partial charge is 0.481 e. The van der Waals surface area contributed by atoms with Gasteiger partial charge in [-0.2, -0.15) is 0 Å². The molecular formula is C18H34O4. The summed E-state index contributed by atoms with van der Waals surface area (Å²) in [5.41, 5.74) is 0. The molecule has 0 aliphatic heterocycles. The minimum Gasteiger partial charge on any atom is -0.481 e. The molecule has 0 aromatic heterocycles. The number of aliphatic hydroxyl groups excluding tert-OH is 2. The predicted molar refractivity (Wildman–Crippen MR) is 89.9 cm³/mol. The summed E-state index contributed by atoms with van der Waals surface area (Å²) >= 11 is 0. The highest BCUT2D eigenvalue weighted by Gasteiger charge is 2.13. The van der Waals surface area contributed by atoms with Gasteiger partial charge in [0.05, 0.1) is 12.2 Å². The first-order valence-electron chi connectivity index (χ1n) is 8.80. The van der Waals surface area contributed by atoms with E-state index in [2.05, 4.69) is 13.0 Å². The average Bonchev–Trinajstić information content (AvgIpc) is 2.49. The van der Waals surface area contributed by atoms with Crippen LogP contribution in [-0.4, -0.2) is 33.5 Å². The maximum atomic E-state index is 10.3. The van der Waals surface area contributed by atoms with E-state index in [0.29, 0.717) is 12.8 Å². The van der Waals surface area contributed by atoms with Gasteiger partial charge >= 0.3 is 5.97 Å². The van der Waals surface area contributed by atoms with Gasteiger partial charge in [0.25, 0.3) is 0 Å². The van der Waals surface area contributed by atoms with E-state index in [1.165, 1.54) is 19.3 Å². The van der Waals surface area contributed by atoms with Gasteiger partial charge in [-0.25, -0.2) is 0 Å². The maximum Gasteiger partial charge on any atom is 0.303 e. The second-order valence-corrected chi connectivity index (χ2v) is 6.04. The van der Waals surface area contributed by atoms with Gasteiger partial charge in [-0.3, -0.25) is 4.79 Å². The van der Waals surface area contributed by atoms with E-state index in [1.807, 2.05) is 6.08 Å². The summed E-state index contributed by atoms with van der Waals surface area (Å²) < 4.78 is 0. The summed E-state index contributed by atoms with van der Waals surface area (Å²) in [6.45, 7) is 2.18. The lowest BCUT2D eigenvalue weighted by Crippen LogP contribution is -2.25. The van der Waals surface area contributed by atoms with E-state index >= 15 is 0 Å². The molecule has 0 aliphatic carbocycles. The Labute approximate surface area is 135 Å². The SMILES string of the molecule is CCCCCC=CCC(O)C(O)CCCCCCCC(=O)O. The van der Waals surface area contributed by atoms with Crippen molar-refractivity contribution in [2.75, 3.05) is 0 Å². The van der Waals surface area contributed by atoms with E-state index in [9.17, 15) is 15.0 Å². The first kappa shape index (κ1) is 21.1. The van der Waals surface area contributed by atoms with Crippen molar-refractivity contribution in [3.05, 3.63) is 12.2 Å². The minimum absolute atomic E-state index is 0.242. The van der Waals surface area contributed by atoms with Crippen molar-refractivity contribution in [2.24, 2.45) is 0 Å². The number of carboxylic acid groups (broad SMARTS) is 1. The molecule has 0 amide bonds. The first-order valence-corrected chi connectivity index (χ1v) is 8.80. The monoisotopic (exact) mass is 314 g/mol. The van der Waals surface area contributed by atoms with Crippen molar-refractivity contribution < 1.29 is 20.1 Å². The number of carboxylic acids is 1. The topological polar surface area (TPSA) is 77.8 Å². The molecule has 0 saturated carbocycles. The zero-order chi connectivity index (χ0) is 16.6. The molecule has 0 radical (unpaired) electrons. The highest BCUT2D eigenvalue weighted by atomic mass is 16.4. The van der Waals surface area contributed by atoms with Gasteiger partial charge in [-0.05, 0) is 32.1 Å². The maximum absolute atomic E-state index is 10.3. The molecule has 0 aromatic rings. The number of unbranched alkanes of at least 4 members (excludes halogenated alkanes) is 7. The van der Waals surface area contributed by atoms with Gasteiger partial charge in [0.1, 0.15) is 0 Å². The standard InChI is InChI=1S/C18H34O4/c1-2-3-4-5-7-10-13-16(19)17(20)14-11-8-6-9-12-15-18(21)22/h7,10,16-17,19-20H,2-6,8-9,11-15H2,1H3,(H,21,22). The van der Waals surface area contributed by atoms with Crippen molar-refractivity contribution >= 4 is 5.97 Å². The molecule has 3 N–H and O–H groups in total. The summed E-state index contributed by atoms with van der Waals surface area (Å²) in [6.07, 6.45) is 13.3. The Morgan fingerprint density at radius 1 is 0.909 bits per heavy atom. The quantitative estimate of drug-likeness (QED) is 0.315. The Balaban J connectivity index is 3.49. The molecule has 4 nitrogen and oxygen atoms in total. The fourth-order valence-corrected chi connectivity index (χ4v) is 2.38. The number of carbonyl (C=O) groups is 1. The van der Waals surface area contributed by atoms with Gasteiger partial charge in [-0.15, -0.1) is 0 Å². The fourth-order valence-electron chi connectivity index (χ4n) is 2.38. The van der Waals surface area contributed by atoms with E-state index in [-0.39, 0.29) is 6.42 Å². The first-order chi connectivity index (χ1) is 10.6. The molecule has 22 heavy (non-hydrogen) atoms. The molecule has 0 fully saturated rings. The van der Waals surface area contributed by atoms with Crippen LogP contribution in [0.1, 0.15) is 84.0 Å². The summed E-state index contributed by atoms with van der Waals surface area (Å²) in [6, 6.07) is 0. The number of allylic oxidation sites excluding steroid dienone is 1. The molecule has 0 heterocycles. The normalized spacial score (nSPS) is 14.3. The van der Waals surface area contributed by atoms with Crippen molar-refractivity contribution in [3.63, 3.8) is 0 Å². The third-order valence-corrected chi connectivity index (χ3v) is 3.85. The average molecular weight is 314 g/mol. The Bertz CT molecular complexity index is 289. The van der Waals surface area contributed by atoms with E-state index in [4.69, 9.17) is 5.11 Å². The molecule has 0 bridgehead atoms. The second-order valence-electron chi connectivity index (χ2n) is 6.04. The highest BCUT2D eigenvalue weighted by Crippen LogP contribution is 2.12. The predicted octanol–water partition coefficient (Wildman–Crippen LogP) is 4.05. The van der Waals surface area contributed by atoms with Crippen molar-refractivity contribution in [3.8, 4) is 0 Å². The van der Waals surface area contributed by atoms with E-state index in [1.54, 1.807) is 0 Å². The Hall–Kier alpha value is -0.870. The van der Waals surface area contributed by atoms with E-state index < -0.39 is 18.2 Å². The number of aliphatic carboxylic acids is 1. The second kappa shape index (κ2) is 15.0. The molecule has 0 rings (SSSR count). The van der Waals surface area contributed by atoms with Crippen LogP contribution in [0.3, 0.4) is 0 Å². The van der Waals surface area contributed by atoms with Crippen LogP contribution in [0, 0.1) is 0 Å². The Kier molecular flexibility index (Phi) is 14.4. The van der Waals surface area contributed by atoms with Gasteiger partial charge < -0.3 is 15.3 Å². The summed E-state index contributed by atoms with van der Waals surface area (Å²) in [5, 5.41) is 28.2. The molecule has 2 atom stereocenters. The molecule has 130 valence electrons. The molecule has 0 saturated heterocycles. The van der Waals surface area contributed by atoms with Gasteiger partial charge in [-0.1, -0.05) is 57.6 Å². The molecule has 4 heteroatoms. The van der Waals surface area contributed by atoms with Gasteiger partial charge in [0.15, 0.2) is 0 Å². The van der Waals surface area contributed by atoms with E-state index in [0.717, 1.165) is 38.5 Å². The van der Waals surface area contributed by atoms with Crippen LogP contribution in [0.2, 0.25) is 0 Å². The lowest BCUT2D eigenvalue weighted by Gasteiger charge is -2.16. The number of aliphatic hydroxyl groups is 2. The summed E-state index contributed by atoms with van der Waals surface area (Å²) in [5.74, 6) is -0.735. The number of hydrogen-bond acceptors (Lipinski definition) is 3. The van der Waals surface area contributed by atoms with Crippen molar-refractivity contribution in [2.45, 2.75) is 96.2 Å². The van der Waals surface area contributed by atoms with Crippen LogP contribution in [0.25, 0.3) is 0 Å². The molecule has 0 spiro atoms. The van der Waals surface area contributed by atoms with Gasteiger partial charge in [0.2, 0.25) is 0 Å². The third-order valence-electron chi connectivity index (χ3n) is 3.85. The fraction of sp³-hybridized carbons (Fsp3) is 0.833. The third kappa shape index (κ3) is 14.1. The zero-order valence-electron chi connectivity index (χ0n) is 14.0. The van der Waals surface area contributed by atoms with Crippen LogP contribution >= 0.6 is 0 Å². The molecule has 2 unspecified atom stereocenters. The minimum atomic E-state index is -0.735. The lowest BCUT2D eigenvalue weighted by atomic mass is 10.0. The molecular weight excluding hydrogens is 280 g/mol. The van der Waals surface area contributed by atoms with Crippen molar-refractivity contribution in [1.29, 1.82) is 0 Å². The van der Waals surface area contributed by atoms with Crippen LogP contribution < -0.4 is 0 Å². The smallest absolute Gasteiger partial charge is 0.303 e. The summed E-state index contributed by atoms with van der Waals surface area (Å²) in [4.78, 5) is 10.3. The Morgan fingerprint density at radius 3 is 2.27 bits per heavy atom. The number of rotatable bonds is 15. The molecule has 0 aromatic carbocycles.